The molecular formula is C15H14N2O. The van der Waals surface area contributed by atoms with Gasteiger partial charge < -0.3 is 9.72 Å². The molecule has 0 aliphatic rings. The average Bonchev–Trinajstić information content (AvgIpc) is 2.87. The van der Waals surface area contributed by atoms with E-state index in [1.165, 1.54) is 16.5 Å². The molecule has 1 N–H and O–H groups in total. The lowest BCUT2D eigenvalue weighted by molar-refractivity contribution is 0.321. The molecule has 3 nitrogen and oxygen atoms in total. The van der Waals surface area contributed by atoms with Crippen LogP contribution in [0.5, 0.6) is 5.75 Å². The van der Waals surface area contributed by atoms with E-state index in [4.69, 9.17) is 4.74 Å². The van der Waals surface area contributed by atoms with E-state index in [1.54, 1.807) is 12.4 Å². The van der Waals surface area contributed by atoms with Crippen LogP contribution in [0, 0.1) is 0 Å². The summed E-state index contributed by atoms with van der Waals surface area (Å²) >= 11 is 0. The third kappa shape index (κ3) is 2.35. The fourth-order valence-corrected chi connectivity index (χ4v) is 1.98. The lowest BCUT2D eigenvalue weighted by Gasteiger charge is -2.05. The molecule has 3 heteroatoms. The summed E-state index contributed by atoms with van der Waals surface area (Å²) < 4.78 is 5.63. The number of nitrogens with zero attached hydrogens (tertiary/aromatic N) is 1. The van der Waals surface area contributed by atoms with Gasteiger partial charge in [0.2, 0.25) is 0 Å². The van der Waals surface area contributed by atoms with Crippen LogP contribution in [0.3, 0.4) is 0 Å². The van der Waals surface area contributed by atoms with Crippen LogP contribution >= 0.6 is 0 Å². The second kappa shape index (κ2) is 4.92. The van der Waals surface area contributed by atoms with Crippen molar-refractivity contribution in [2.45, 2.75) is 6.42 Å². The molecule has 0 saturated heterocycles. The number of hydrogen-bond donors (Lipinski definition) is 1. The maximum Gasteiger partial charge on any atom is 0.137 e. The van der Waals surface area contributed by atoms with E-state index in [-0.39, 0.29) is 0 Å². The standard InChI is InChI=1S/C15H14N2O/c1-2-14(11-16-7-1)18-9-6-12-3-4-15-13(10-12)5-8-17-15/h1-5,7-8,10-11,17H,6,9H2. The van der Waals surface area contributed by atoms with Gasteiger partial charge in [-0.05, 0) is 41.3 Å². The zero-order valence-electron chi connectivity index (χ0n) is 9.97. The zero-order valence-corrected chi connectivity index (χ0v) is 9.97. The van der Waals surface area contributed by atoms with Crippen molar-refractivity contribution in [2.24, 2.45) is 0 Å². The normalized spacial score (nSPS) is 10.7. The number of pyridine rings is 1. The minimum atomic E-state index is 0.668. The van der Waals surface area contributed by atoms with Gasteiger partial charge in [-0.2, -0.15) is 0 Å². The Morgan fingerprint density at radius 2 is 2.17 bits per heavy atom. The van der Waals surface area contributed by atoms with Crippen molar-refractivity contribution >= 4 is 10.9 Å². The van der Waals surface area contributed by atoms with E-state index in [0.29, 0.717) is 6.61 Å². The molecule has 0 amide bonds. The summed E-state index contributed by atoms with van der Waals surface area (Å²) in [6.07, 6.45) is 6.33. The average molecular weight is 238 g/mol. The Morgan fingerprint density at radius 1 is 1.17 bits per heavy atom. The van der Waals surface area contributed by atoms with Gasteiger partial charge >= 0.3 is 0 Å². The first kappa shape index (κ1) is 10.8. The van der Waals surface area contributed by atoms with Crippen LogP contribution in [0.2, 0.25) is 0 Å². The highest BCUT2D eigenvalue weighted by Gasteiger charge is 1.98. The smallest absolute Gasteiger partial charge is 0.137 e. The van der Waals surface area contributed by atoms with E-state index in [1.807, 2.05) is 18.3 Å². The number of aromatic amines is 1. The fourth-order valence-electron chi connectivity index (χ4n) is 1.98. The number of rotatable bonds is 4. The Morgan fingerprint density at radius 3 is 3.06 bits per heavy atom. The first-order valence-electron chi connectivity index (χ1n) is 6.01. The summed E-state index contributed by atoms with van der Waals surface area (Å²) in [6, 6.07) is 12.3. The summed E-state index contributed by atoms with van der Waals surface area (Å²) in [5, 5.41) is 1.24. The maximum atomic E-state index is 5.63. The minimum absolute atomic E-state index is 0.668. The second-order valence-electron chi connectivity index (χ2n) is 4.19. The van der Waals surface area contributed by atoms with Crippen LogP contribution in [-0.4, -0.2) is 16.6 Å². The monoisotopic (exact) mass is 238 g/mol. The summed E-state index contributed by atoms with van der Waals surface area (Å²) in [4.78, 5) is 7.20. The van der Waals surface area contributed by atoms with Crippen molar-refractivity contribution in [1.29, 1.82) is 0 Å². The molecule has 3 aromatic rings. The Kier molecular flexibility index (Phi) is 2.96. The van der Waals surface area contributed by atoms with E-state index in [2.05, 4.69) is 34.2 Å². The van der Waals surface area contributed by atoms with Crippen molar-refractivity contribution < 1.29 is 4.74 Å². The second-order valence-corrected chi connectivity index (χ2v) is 4.19. The summed E-state index contributed by atoms with van der Waals surface area (Å²) in [6.45, 7) is 0.668. The van der Waals surface area contributed by atoms with Gasteiger partial charge in [0.05, 0.1) is 12.8 Å². The van der Waals surface area contributed by atoms with Crippen molar-refractivity contribution in [3.8, 4) is 5.75 Å². The number of H-pyrrole nitrogens is 1. The number of hydrogen-bond acceptors (Lipinski definition) is 2. The molecule has 3 rings (SSSR count). The first-order chi connectivity index (χ1) is 8.92. The molecule has 0 radical (unpaired) electrons. The third-order valence-electron chi connectivity index (χ3n) is 2.91. The third-order valence-corrected chi connectivity index (χ3v) is 2.91. The van der Waals surface area contributed by atoms with Gasteiger partial charge in [-0.1, -0.05) is 6.07 Å². The lowest BCUT2D eigenvalue weighted by atomic mass is 10.1. The van der Waals surface area contributed by atoms with Gasteiger partial charge in [-0.3, -0.25) is 4.98 Å². The number of benzene rings is 1. The van der Waals surface area contributed by atoms with Crippen LogP contribution < -0.4 is 4.74 Å². The Hall–Kier alpha value is -2.29. The highest BCUT2D eigenvalue weighted by Crippen LogP contribution is 2.15. The molecule has 0 aliphatic heterocycles. The molecule has 0 aliphatic carbocycles. The van der Waals surface area contributed by atoms with Crippen LogP contribution in [0.4, 0.5) is 0 Å². The Bertz CT molecular complexity index is 631. The van der Waals surface area contributed by atoms with E-state index >= 15 is 0 Å². The predicted molar refractivity (Wildman–Crippen MR) is 71.7 cm³/mol. The molecule has 2 heterocycles. The molecular weight excluding hydrogens is 224 g/mol. The Balaban J connectivity index is 1.62. The minimum Gasteiger partial charge on any atom is -0.492 e. The molecule has 0 spiro atoms. The number of nitrogens with one attached hydrogen (secondary N) is 1. The molecule has 90 valence electrons. The number of aromatic nitrogens is 2. The van der Waals surface area contributed by atoms with E-state index in [0.717, 1.165) is 12.2 Å². The van der Waals surface area contributed by atoms with Gasteiger partial charge in [0, 0.05) is 24.3 Å². The summed E-state index contributed by atoms with van der Waals surface area (Å²) in [5.74, 6) is 0.820. The maximum absolute atomic E-state index is 5.63. The van der Waals surface area contributed by atoms with E-state index in [9.17, 15) is 0 Å². The first-order valence-corrected chi connectivity index (χ1v) is 6.01. The van der Waals surface area contributed by atoms with Crippen molar-refractivity contribution in [1.82, 2.24) is 9.97 Å². The Labute approximate surface area is 105 Å². The predicted octanol–water partition coefficient (Wildman–Crippen LogP) is 3.18. The quantitative estimate of drug-likeness (QED) is 0.758. The van der Waals surface area contributed by atoms with Crippen molar-refractivity contribution in [2.75, 3.05) is 6.61 Å². The van der Waals surface area contributed by atoms with Crippen molar-refractivity contribution in [3.05, 3.63) is 60.6 Å². The SMILES string of the molecule is c1cncc(OCCc2ccc3[nH]ccc3c2)c1. The van der Waals surface area contributed by atoms with E-state index < -0.39 is 0 Å². The highest BCUT2D eigenvalue weighted by molar-refractivity contribution is 5.79. The van der Waals surface area contributed by atoms with Crippen molar-refractivity contribution in [3.63, 3.8) is 0 Å². The number of fused-ring (bicyclic) bond motifs is 1. The molecule has 18 heavy (non-hydrogen) atoms. The van der Waals surface area contributed by atoms with Crippen LogP contribution in [-0.2, 0) is 6.42 Å². The van der Waals surface area contributed by atoms with Gasteiger partial charge in [0.15, 0.2) is 0 Å². The number of ether oxygens (including phenoxy) is 1. The lowest BCUT2D eigenvalue weighted by Crippen LogP contribution is -2.01. The molecule has 0 fully saturated rings. The topological polar surface area (TPSA) is 37.9 Å². The van der Waals surface area contributed by atoms with Gasteiger partial charge in [0.25, 0.3) is 0 Å². The molecule has 0 atom stereocenters. The summed E-state index contributed by atoms with van der Waals surface area (Å²) in [5.41, 5.74) is 2.46. The molecule has 0 bridgehead atoms. The van der Waals surface area contributed by atoms with Crippen LogP contribution in [0.1, 0.15) is 5.56 Å². The molecule has 2 aromatic heterocycles. The molecule has 1 aromatic carbocycles. The van der Waals surface area contributed by atoms with Crippen LogP contribution in [0.15, 0.2) is 55.0 Å². The molecule has 0 saturated carbocycles. The van der Waals surface area contributed by atoms with Gasteiger partial charge in [-0.25, -0.2) is 0 Å². The van der Waals surface area contributed by atoms with Gasteiger partial charge in [0.1, 0.15) is 5.75 Å². The largest absolute Gasteiger partial charge is 0.492 e. The zero-order chi connectivity index (χ0) is 12.2. The molecule has 0 unspecified atom stereocenters. The highest BCUT2D eigenvalue weighted by atomic mass is 16.5. The fraction of sp³-hybridized carbons (Fsp3) is 0.133. The van der Waals surface area contributed by atoms with Gasteiger partial charge in [-0.15, -0.1) is 0 Å². The summed E-state index contributed by atoms with van der Waals surface area (Å²) in [7, 11) is 0. The van der Waals surface area contributed by atoms with Crippen LogP contribution in [0.25, 0.3) is 10.9 Å².